The highest BCUT2D eigenvalue weighted by Crippen LogP contribution is 2.20. The average Bonchev–Trinajstić information content (AvgIpc) is 2.59. The molecule has 3 aromatic rings. The standard InChI is InChI=1S/C20H23N3/c1-2-3-4-5-8-16-11-12-21-20(13-16)23-18-14-17-9-6-7-10-19(17)22-15-18/h6-7,9-15H,2-5,8H2,1H3,(H,21,23). The van der Waals surface area contributed by atoms with Crippen LogP contribution >= 0.6 is 0 Å². The molecular formula is C20H23N3. The summed E-state index contributed by atoms with van der Waals surface area (Å²) < 4.78 is 0. The topological polar surface area (TPSA) is 37.8 Å². The zero-order valence-corrected chi connectivity index (χ0v) is 13.6. The molecule has 0 saturated carbocycles. The number of benzene rings is 1. The average molecular weight is 305 g/mol. The quantitative estimate of drug-likeness (QED) is 0.586. The van der Waals surface area contributed by atoms with Gasteiger partial charge >= 0.3 is 0 Å². The van der Waals surface area contributed by atoms with Crippen molar-refractivity contribution in [1.29, 1.82) is 0 Å². The number of anilines is 2. The second-order valence-corrected chi connectivity index (χ2v) is 5.90. The largest absolute Gasteiger partial charge is 0.339 e. The van der Waals surface area contributed by atoms with Gasteiger partial charge < -0.3 is 5.32 Å². The lowest BCUT2D eigenvalue weighted by atomic mass is 10.1. The van der Waals surface area contributed by atoms with Crippen molar-refractivity contribution >= 4 is 22.4 Å². The molecule has 0 spiro atoms. The van der Waals surface area contributed by atoms with Gasteiger partial charge in [0.1, 0.15) is 5.82 Å². The predicted octanol–water partition coefficient (Wildman–Crippen LogP) is 5.50. The normalized spacial score (nSPS) is 10.8. The molecule has 0 bridgehead atoms. The number of aromatic nitrogens is 2. The van der Waals surface area contributed by atoms with Gasteiger partial charge in [0.05, 0.1) is 17.4 Å². The molecule has 1 aromatic carbocycles. The van der Waals surface area contributed by atoms with Crippen LogP contribution in [-0.2, 0) is 6.42 Å². The van der Waals surface area contributed by atoms with Gasteiger partial charge in [-0.2, -0.15) is 0 Å². The fourth-order valence-corrected chi connectivity index (χ4v) is 2.74. The summed E-state index contributed by atoms with van der Waals surface area (Å²) in [6.07, 6.45) is 10.00. The number of rotatable bonds is 7. The Morgan fingerprint density at radius 2 is 1.87 bits per heavy atom. The van der Waals surface area contributed by atoms with E-state index in [0.29, 0.717) is 0 Å². The lowest BCUT2D eigenvalue weighted by molar-refractivity contribution is 0.666. The highest BCUT2D eigenvalue weighted by molar-refractivity contribution is 5.82. The van der Waals surface area contributed by atoms with Crippen LogP contribution in [-0.4, -0.2) is 9.97 Å². The van der Waals surface area contributed by atoms with Gasteiger partial charge in [0.25, 0.3) is 0 Å². The first kappa shape index (κ1) is 15.5. The van der Waals surface area contributed by atoms with Crippen LogP contribution in [0.3, 0.4) is 0 Å². The molecule has 1 N–H and O–H groups in total. The summed E-state index contributed by atoms with van der Waals surface area (Å²) in [5.74, 6) is 0.884. The van der Waals surface area contributed by atoms with E-state index in [1.165, 1.54) is 31.2 Å². The van der Waals surface area contributed by atoms with E-state index in [1.807, 2.05) is 30.6 Å². The molecule has 3 nitrogen and oxygen atoms in total. The van der Waals surface area contributed by atoms with E-state index in [1.54, 1.807) is 0 Å². The van der Waals surface area contributed by atoms with Gasteiger partial charge in [-0.3, -0.25) is 4.98 Å². The van der Waals surface area contributed by atoms with Gasteiger partial charge in [0, 0.05) is 11.6 Å². The third-order valence-corrected chi connectivity index (χ3v) is 4.01. The molecule has 0 amide bonds. The minimum atomic E-state index is 0.884. The zero-order chi connectivity index (χ0) is 15.9. The fourth-order valence-electron chi connectivity index (χ4n) is 2.74. The Hall–Kier alpha value is -2.42. The molecular weight excluding hydrogens is 282 g/mol. The number of hydrogen-bond donors (Lipinski definition) is 1. The van der Waals surface area contributed by atoms with Crippen molar-refractivity contribution in [3.8, 4) is 0 Å². The summed E-state index contributed by atoms with van der Waals surface area (Å²) in [4.78, 5) is 8.90. The van der Waals surface area contributed by atoms with Crippen LogP contribution in [0.4, 0.5) is 11.5 Å². The maximum atomic E-state index is 4.48. The van der Waals surface area contributed by atoms with E-state index < -0.39 is 0 Å². The van der Waals surface area contributed by atoms with Crippen molar-refractivity contribution in [1.82, 2.24) is 9.97 Å². The summed E-state index contributed by atoms with van der Waals surface area (Å²) in [5, 5.41) is 4.50. The Labute approximate surface area is 137 Å². The molecule has 0 aliphatic carbocycles. The molecule has 2 heterocycles. The summed E-state index contributed by atoms with van der Waals surface area (Å²) in [6.45, 7) is 2.24. The van der Waals surface area contributed by atoms with Crippen molar-refractivity contribution in [2.24, 2.45) is 0 Å². The molecule has 3 rings (SSSR count). The van der Waals surface area contributed by atoms with Gasteiger partial charge in [-0.1, -0.05) is 44.4 Å². The number of pyridine rings is 2. The Bertz CT molecular complexity index is 767. The zero-order valence-electron chi connectivity index (χ0n) is 13.6. The van der Waals surface area contributed by atoms with Crippen LogP contribution in [0.1, 0.15) is 38.2 Å². The highest BCUT2D eigenvalue weighted by atomic mass is 15.0. The number of hydrogen-bond acceptors (Lipinski definition) is 3. The van der Waals surface area contributed by atoms with E-state index >= 15 is 0 Å². The van der Waals surface area contributed by atoms with Crippen LogP contribution in [0.2, 0.25) is 0 Å². The van der Waals surface area contributed by atoms with Crippen LogP contribution in [0.5, 0.6) is 0 Å². The Morgan fingerprint density at radius 1 is 0.957 bits per heavy atom. The van der Waals surface area contributed by atoms with Crippen LogP contribution < -0.4 is 5.32 Å². The van der Waals surface area contributed by atoms with E-state index in [4.69, 9.17) is 0 Å². The van der Waals surface area contributed by atoms with Gasteiger partial charge in [-0.15, -0.1) is 0 Å². The van der Waals surface area contributed by atoms with Crippen LogP contribution in [0, 0.1) is 0 Å². The molecule has 23 heavy (non-hydrogen) atoms. The van der Waals surface area contributed by atoms with Crippen LogP contribution in [0.15, 0.2) is 54.9 Å². The molecule has 3 heteroatoms. The van der Waals surface area contributed by atoms with E-state index in [9.17, 15) is 0 Å². The Kier molecular flexibility index (Phi) is 5.20. The first-order valence-electron chi connectivity index (χ1n) is 8.42. The molecule has 0 fully saturated rings. The predicted molar refractivity (Wildman–Crippen MR) is 97.1 cm³/mol. The van der Waals surface area contributed by atoms with E-state index in [2.05, 4.69) is 46.5 Å². The summed E-state index contributed by atoms with van der Waals surface area (Å²) in [7, 11) is 0. The van der Waals surface area contributed by atoms with Crippen molar-refractivity contribution in [3.05, 3.63) is 60.4 Å². The molecule has 0 aliphatic heterocycles. The molecule has 0 atom stereocenters. The first-order valence-corrected chi connectivity index (χ1v) is 8.42. The number of unbranched alkanes of at least 4 members (excludes halogenated alkanes) is 3. The van der Waals surface area contributed by atoms with Crippen molar-refractivity contribution < 1.29 is 0 Å². The molecule has 0 aliphatic rings. The summed E-state index contributed by atoms with van der Waals surface area (Å²) in [5.41, 5.74) is 3.32. The molecule has 0 radical (unpaired) electrons. The summed E-state index contributed by atoms with van der Waals surface area (Å²) in [6, 6.07) is 14.5. The van der Waals surface area contributed by atoms with Gasteiger partial charge in [0.15, 0.2) is 0 Å². The number of nitrogens with one attached hydrogen (secondary N) is 1. The van der Waals surface area contributed by atoms with Crippen LogP contribution in [0.25, 0.3) is 10.9 Å². The Morgan fingerprint density at radius 3 is 2.78 bits per heavy atom. The number of para-hydroxylation sites is 1. The van der Waals surface area contributed by atoms with Crippen molar-refractivity contribution in [2.75, 3.05) is 5.32 Å². The smallest absolute Gasteiger partial charge is 0.130 e. The first-order chi connectivity index (χ1) is 11.3. The second-order valence-electron chi connectivity index (χ2n) is 5.90. The lowest BCUT2D eigenvalue weighted by Gasteiger charge is -2.08. The van der Waals surface area contributed by atoms with Gasteiger partial charge in [0.2, 0.25) is 0 Å². The third-order valence-electron chi connectivity index (χ3n) is 4.01. The minimum Gasteiger partial charge on any atom is -0.339 e. The Balaban J connectivity index is 1.68. The van der Waals surface area contributed by atoms with Crippen molar-refractivity contribution in [3.63, 3.8) is 0 Å². The monoisotopic (exact) mass is 305 g/mol. The number of fused-ring (bicyclic) bond motifs is 1. The molecule has 0 unspecified atom stereocenters. The molecule has 0 saturated heterocycles. The molecule has 2 aromatic heterocycles. The van der Waals surface area contributed by atoms with Crippen molar-refractivity contribution in [2.45, 2.75) is 39.0 Å². The fraction of sp³-hybridized carbons (Fsp3) is 0.300. The SMILES string of the molecule is CCCCCCc1ccnc(Nc2cnc3ccccc3c2)c1. The lowest BCUT2D eigenvalue weighted by Crippen LogP contribution is -1.96. The minimum absolute atomic E-state index is 0.884. The number of aryl methyl sites for hydroxylation is 1. The number of nitrogens with zero attached hydrogens (tertiary/aromatic N) is 2. The van der Waals surface area contributed by atoms with E-state index in [-0.39, 0.29) is 0 Å². The maximum absolute atomic E-state index is 4.48. The van der Waals surface area contributed by atoms with E-state index in [0.717, 1.165) is 28.8 Å². The molecule has 118 valence electrons. The second kappa shape index (κ2) is 7.73. The van der Waals surface area contributed by atoms with Gasteiger partial charge in [-0.05, 0) is 42.7 Å². The maximum Gasteiger partial charge on any atom is 0.130 e. The third kappa shape index (κ3) is 4.28. The van der Waals surface area contributed by atoms with Gasteiger partial charge in [-0.25, -0.2) is 4.98 Å². The summed E-state index contributed by atoms with van der Waals surface area (Å²) >= 11 is 0. The highest BCUT2D eigenvalue weighted by Gasteiger charge is 2.01.